The van der Waals surface area contributed by atoms with Gasteiger partial charge in [0.25, 0.3) is 0 Å². The van der Waals surface area contributed by atoms with Crippen molar-refractivity contribution in [1.82, 2.24) is 0 Å². The van der Waals surface area contributed by atoms with Gasteiger partial charge in [0.2, 0.25) is 0 Å². The summed E-state index contributed by atoms with van der Waals surface area (Å²) in [6.45, 7) is 1.94. The van der Waals surface area contributed by atoms with Crippen LogP contribution in [0.25, 0.3) is 0 Å². The lowest BCUT2D eigenvalue weighted by Gasteiger charge is -2.20. The second-order valence-corrected chi connectivity index (χ2v) is 4.29. The molecule has 1 fully saturated rings. The fourth-order valence-corrected chi connectivity index (χ4v) is 2.13. The molecule has 2 nitrogen and oxygen atoms in total. The van der Waals surface area contributed by atoms with E-state index in [0.717, 1.165) is 18.4 Å². The Hall–Kier alpha value is -1.09. The standard InChI is InChI=1S/C12H16FNO/c1-8(14)12(5-6-12)10-4-3-9(15-2)7-11(10)13/h3-4,7-8H,5-6,14H2,1-2H3. The Morgan fingerprint density at radius 3 is 2.53 bits per heavy atom. The average molecular weight is 209 g/mol. The van der Waals surface area contributed by atoms with Gasteiger partial charge in [0, 0.05) is 17.5 Å². The number of benzene rings is 1. The van der Waals surface area contributed by atoms with Gasteiger partial charge in [0.1, 0.15) is 11.6 Å². The lowest BCUT2D eigenvalue weighted by molar-refractivity contribution is 0.409. The number of rotatable bonds is 3. The summed E-state index contributed by atoms with van der Waals surface area (Å²) in [5.74, 6) is 0.348. The molecule has 2 N–H and O–H groups in total. The van der Waals surface area contributed by atoms with E-state index >= 15 is 0 Å². The normalized spacial score (nSPS) is 19.7. The van der Waals surface area contributed by atoms with Crippen molar-refractivity contribution in [2.45, 2.75) is 31.2 Å². The lowest BCUT2D eigenvalue weighted by Crippen LogP contribution is -2.32. The van der Waals surface area contributed by atoms with Crippen molar-refractivity contribution < 1.29 is 9.13 Å². The van der Waals surface area contributed by atoms with Crippen molar-refractivity contribution in [3.05, 3.63) is 29.6 Å². The third-order valence-electron chi connectivity index (χ3n) is 3.37. The number of hydrogen-bond donors (Lipinski definition) is 1. The molecule has 2 rings (SSSR count). The van der Waals surface area contributed by atoms with E-state index in [4.69, 9.17) is 10.5 Å². The summed E-state index contributed by atoms with van der Waals surface area (Å²) in [7, 11) is 1.53. The van der Waals surface area contributed by atoms with Crippen LogP contribution in [0, 0.1) is 5.82 Å². The van der Waals surface area contributed by atoms with Crippen molar-refractivity contribution in [3.63, 3.8) is 0 Å². The van der Waals surface area contributed by atoms with Crippen molar-refractivity contribution in [3.8, 4) is 5.75 Å². The maximum absolute atomic E-state index is 13.8. The van der Waals surface area contributed by atoms with Crippen LogP contribution in [0.3, 0.4) is 0 Å². The maximum Gasteiger partial charge on any atom is 0.130 e. The van der Waals surface area contributed by atoms with Gasteiger partial charge in [-0.05, 0) is 31.4 Å². The highest BCUT2D eigenvalue weighted by atomic mass is 19.1. The summed E-state index contributed by atoms with van der Waals surface area (Å²) in [5.41, 5.74) is 6.51. The van der Waals surface area contributed by atoms with Gasteiger partial charge in [-0.1, -0.05) is 6.07 Å². The van der Waals surface area contributed by atoms with E-state index in [1.54, 1.807) is 12.1 Å². The fraction of sp³-hybridized carbons (Fsp3) is 0.500. The molecule has 0 aliphatic heterocycles. The van der Waals surface area contributed by atoms with Gasteiger partial charge in [-0.25, -0.2) is 4.39 Å². The van der Waals surface area contributed by atoms with Crippen LogP contribution in [-0.4, -0.2) is 13.2 Å². The van der Waals surface area contributed by atoms with E-state index in [2.05, 4.69) is 0 Å². The summed E-state index contributed by atoms with van der Waals surface area (Å²) < 4.78 is 18.8. The molecule has 3 heteroatoms. The van der Waals surface area contributed by atoms with E-state index < -0.39 is 0 Å². The molecule has 0 bridgehead atoms. The van der Waals surface area contributed by atoms with Gasteiger partial charge in [-0.2, -0.15) is 0 Å². The zero-order chi connectivity index (χ0) is 11.1. The molecule has 15 heavy (non-hydrogen) atoms. The predicted molar refractivity (Wildman–Crippen MR) is 57.5 cm³/mol. The molecule has 82 valence electrons. The number of ether oxygens (including phenoxy) is 1. The fourth-order valence-electron chi connectivity index (χ4n) is 2.13. The quantitative estimate of drug-likeness (QED) is 0.828. The highest BCUT2D eigenvalue weighted by molar-refractivity contribution is 5.38. The van der Waals surface area contributed by atoms with Crippen LogP contribution in [0.5, 0.6) is 5.75 Å². The second-order valence-electron chi connectivity index (χ2n) is 4.29. The molecule has 1 unspecified atom stereocenters. The van der Waals surface area contributed by atoms with Gasteiger partial charge in [-0.3, -0.25) is 0 Å². The van der Waals surface area contributed by atoms with Crippen molar-refractivity contribution >= 4 is 0 Å². The van der Waals surface area contributed by atoms with Crippen LogP contribution in [0.1, 0.15) is 25.3 Å². The lowest BCUT2D eigenvalue weighted by atomic mass is 9.89. The zero-order valence-corrected chi connectivity index (χ0v) is 9.09. The zero-order valence-electron chi connectivity index (χ0n) is 9.09. The maximum atomic E-state index is 13.8. The SMILES string of the molecule is COc1ccc(C2(C(C)N)CC2)c(F)c1. The highest BCUT2D eigenvalue weighted by Crippen LogP contribution is 2.51. The summed E-state index contributed by atoms with van der Waals surface area (Å²) >= 11 is 0. The Labute approximate surface area is 89.2 Å². The third kappa shape index (κ3) is 1.61. The minimum absolute atomic E-state index is 0.000366. The number of hydrogen-bond acceptors (Lipinski definition) is 2. The minimum Gasteiger partial charge on any atom is -0.497 e. The van der Waals surface area contributed by atoms with E-state index in [-0.39, 0.29) is 17.3 Å². The molecule has 0 radical (unpaired) electrons. The van der Waals surface area contributed by atoms with Crippen LogP contribution in [0.4, 0.5) is 4.39 Å². The molecule has 1 atom stereocenters. The minimum atomic E-state index is -0.204. The number of nitrogens with two attached hydrogens (primary N) is 1. The monoisotopic (exact) mass is 209 g/mol. The van der Waals surface area contributed by atoms with Crippen molar-refractivity contribution in [2.24, 2.45) is 5.73 Å². The van der Waals surface area contributed by atoms with E-state index in [1.165, 1.54) is 13.2 Å². The third-order valence-corrected chi connectivity index (χ3v) is 3.37. The summed E-state index contributed by atoms with van der Waals surface area (Å²) in [6.07, 6.45) is 1.96. The van der Waals surface area contributed by atoms with E-state index in [1.807, 2.05) is 6.92 Å². The topological polar surface area (TPSA) is 35.2 Å². The molecule has 1 aliphatic carbocycles. The van der Waals surface area contributed by atoms with Crippen LogP contribution in [0.2, 0.25) is 0 Å². The first-order valence-electron chi connectivity index (χ1n) is 5.20. The molecule has 1 aromatic carbocycles. The number of methoxy groups -OCH3 is 1. The largest absolute Gasteiger partial charge is 0.497 e. The number of halogens is 1. The first-order valence-corrected chi connectivity index (χ1v) is 5.20. The Kier molecular flexibility index (Phi) is 2.43. The molecule has 1 aliphatic rings. The smallest absolute Gasteiger partial charge is 0.130 e. The van der Waals surface area contributed by atoms with Crippen molar-refractivity contribution in [2.75, 3.05) is 7.11 Å². The molecule has 1 aromatic rings. The van der Waals surface area contributed by atoms with Gasteiger partial charge in [0.05, 0.1) is 7.11 Å². The summed E-state index contributed by atoms with van der Waals surface area (Å²) in [6, 6.07) is 5.02. The van der Waals surface area contributed by atoms with Gasteiger partial charge >= 0.3 is 0 Å². The Bertz CT molecular complexity index is 372. The molecule has 0 amide bonds. The first kappa shape index (κ1) is 10.4. The van der Waals surface area contributed by atoms with Crippen molar-refractivity contribution in [1.29, 1.82) is 0 Å². The van der Waals surface area contributed by atoms with Gasteiger partial charge < -0.3 is 10.5 Å². The van der Waals surface area contributed by atoms with Gasteiger partial charge in [-0.15, -0.1) is 0 Å². The Morgan fingerprint density at radius 2 is 2.13 bits per heavy atom. The van der Waals surface area contributed by atoms with Crippen LogP contribution >= 0.6 is 0 Å². The Balaban J connectivity index is 2.37. The van der Waals surface area contributed by atoms with Crippen LogP contribution in [0.15, 0.2) is 18.2 Å². The second kappa shape index (κ2) is 3.49. The van der Waals surface area contributed by atoms with E-state index in [9.17, 15) is 4.39 Å². The van der Waals surface area contributed by atoms with E-state index in [0.29, 0.717) is 5.75 Å². The predicted octanol–water partition coefficient (Wildman–Crippen LogP) is 2.21. The summed E-state index contributed by atoms with van der Waals surface area (Å²) in [4.78, 5) is 0. The molecule has 0 aromatic heterocycles. The average Bonchev–Trinajstić information content (AvgIpc) is 2.98. The van der Waals surface area contributed by atoms with Crippen LogP contribution < -0.4 is 10.5 Å². The molecule has 1 saturated carbocycles. The molecular weight excluding hydrogens is 193 g/mol. The van der Waals surface area contributed by atoms with Crippen LogP contribution in [-0.2, 0) is 5.41 Å². The highest BCUT2D eigenvalue weighted by Gasteiger charge is 2.48. The molecule has 0 saturated heterocycles. The molecular formula is C12H16FNO. The summed E-state index contributed by atoms with van der Waals surface area (Å²) in [5, 5.41) is 0. The van der Waals surface area contributed by atoms with Gasteiger partial charge in [0.15, 0.2) is 0 Å². The Morgan fingerprint density at radius 1 is 1.47 bits per heavy atom. The molecule has 0 spiro atoms. The molecule has 0 heterocycles. The first-order chi connectivity index (χ1) is 7.10.